The maximum Gasteiger partial charge on any atom is 0.191 e. The van der Waals surface area contributed by atoms with Gasteiger partial charge >= 0.3 is 0 Å². The lowest BCUT2D eigenvalue weighted by atomic mass is 9.92. The van der Waals surface area contributed by atoms with Crippen LogP contribution < -0.4 is 10.6 Å². The van der Waals surface area contributed by atoms with Crippen LogP contribution in [-0.2, 0) is 6.54 Å². The fourth-order valence-electron chi connectivity index (χ4n) is 4.80. The number of imidazole rings is 1. The van der Waals surface area contributed by atoms with E-state index in [1.54, 1.807) is 0 Å². The summed E-state index contributed by atoms with van der Waals surface area (Å²) in [5.74, 6) is 0.914. The normalized spacial score (nSPS) is 20.3. The molecule has 3 heterocycles. The van der Waals surface area contributed by atoms with Gasteiger partial charge in [0, 0.05) is 43.6 Å². The van der Waals surface area contributed by atoms with Crippen LogP contribution in [-0.4, -0.2) is 52.0 Å². The molecule has 29 heavy (non-hydrogen) atoms. The van der Waals surface area contributed by atoms with E-state index in [9.17, 15) is 0 Å². The predicted molar refractivity (Wildman–Crippen MR) is 119 cm³/mol. The molecule has 0 aromatic carbocycles. The van der Waals surface area contributed by atoms with Crippen molar-refractivity contribution in [2.45, 2.75) is 77.4 Å². The Hall–Kier alpha value is -2.08. The topological polar surface area (TPSA) is 57.0 Å². The Morgan fingerprint density at radius 2 is 1.93 bits per heavy atom. The lowest BCUT2D eigenvalue weighted by molar-refractivity contribution is 0.119. The molecule has 6 heteroatoms. The smallest absolute Gasteiger partial charge is 0.191 e. The molecule has 0 atom stereocenters. The minimum atomic E-state index is 0.510. The van der Waals surface area contributed by atoms with Crippen molar-refractivity contribution in [1.82, 2.24) is 24.9 Å². The molecule has 2 aliphatic rings. The zero-order valence-corrected chi connectivity index (χ0v) is 18.0. The van der Waals surface area contributed by atoms with Crippen molar-refractivity contribution in [2.24, 2.45) is 4.99 Å². The summed E-state index contributed by atoms with van der Waals surface area (Å²) in [5.41, 5.74) is 3.19. The molecule has 1 aliphatic carbocycles. The molecule has 0 bridgehead atoms. The third-order valence-electron chi connectivity index (χ3n) is 6.45. The standard InChI is InChI=1S/C23H36N6/c1-3-24-23(25-16-20-17-29-18(2)8-7-11-22(29)26-20)27-19-12-14-28(15-13-19)21-9-5-4-6-10-21/h7-8,11,17,19,21H,3-6,9-10,12-16H2,1-2H3,(H2,24,25,27). The molecule has 0 amide bonds. The van der Waals surface area contributed by atoms with Crippen LogP contribution in [0.5, 0.6) is 0 Å². The van der Waals surface area contributed by atoms with Gasteiger partial charge in [0.2, 0.25) is 0 Å². The number of likely N-dealkylation sites (tertiary alicyclic amines) is 1. The van der Waals surface area contributed by atoms with E-state index in [1.807, 2.05) is 6.07 Å². The highest BCUT2D eigenvalue weighted by Crippen LogP contribution is 2.25. The van der Waals surface area contributed by atoms with Crippen LogP contribution in [0.4, 0.5) is 0 Å². The van der Waals surface area contributed by atoms with Crippen molar-refractivity contribution in [3.63, 3.8) is 0 Å². The van der Waals surface area contributed by atoms with Crippen molar-refractivity contribution in [2.75, 3.05) is 19.6 Å². The average molecular weight is 397 g/mol. The molecule has 158 valence electrons. The van der Waals surface area contributed by atoms with E-state index in [0.29, 0.717) is 12.6 Å². The van der Waals surface area contributed by atoms with E-state index in [0.717, 1.165) is 29.9 Å². The number of rotatable bonds is 5. The maximum atomic E-state index is 4.82. The summed E-state index contributed by atoms with van der Waals surface area (Å²) < 4.78 is 2.13. The van der Waals surface area contributed by atoms with Crippen LogP contribution in [0.25, 0.3) is 5.65 Å². The number of hydrogen-bond acceptors (Lipinski definition) is 3. The molecule has 2 fully saturated rings. The first kappa shape index (κ1) is 20.2. The van der Waals surface area contributed by atoms with Gasteiger partial charge in [-0.15, -0.1) is 0 Å². The van der Waals surface area contributed by atoms with Crippen molar-refractivity contribution >= 4 is 11.6 Å². The number of aliphatic imine (C=N–C) groups is 1. The summed E-state index contributed by atoms with van der Waals surface area (Å²) in [5, 5.41) is 7.08. The number of hydrogen-bond donors (Lipinski definition) is 2. The van der Waals surface area contributed by atoms with E-state index < -0.39 is 0 Å². The molecule has 1 saturated heterocycles. The van der Waals surface area contributed by atoms with Crippen molar-refractivity contribution in [3.05, 3.63) is 35.8 Å². The van der Waals surface area contributed by atoms with Gasteiger partial charge in [0.1, 0.15) is 5.65 Å². The molecule has 2 N–H and O–H groups in total. The second-order valence-corrected chi connectivity index (χ2v) is 8.57. The zero-order chi connectivity index (χ0) is 20.1. The largest absolute Gasteiger partial charge is 0.357 e. The molecule has 2 aromatic rings. The van der Waals surface area contributed by atoms with Crippen LogP contribution in [0.15, 0.2) is 29.4 Å². The van der Waals surface area contributed by atoms with E-state index in [4.69, 9.17) is 9.98 Å². The van der Waals surface area contributed by atoms with E-state index in [1.165, 1.54) is 63.7 Å². The van der Waals surface area contributed by atoms with Gasteiger partial charge in [-0.3, -0.25) is 0 Å². The molecule has 1 aliphatic heterocycles. The Balaban J connectivity index is 1.33. The number of fused-ring (bicyclic) bond motifs is 1. The number of piperidine rings is 1. The minimum absolute atomic E-state index is 0.510. The Morgan fingerprint density at radius 1 is 1.14 bits per heavy atom. The summed E-state index contributed by atoms with van der Waals surface area (Å²) in [7, 11) is 0. The summed E-state index contributed by atoms with van der Waals surface area (Å²) >= 11 is 0. The third-order valence-corrected chi connectivity index (χ3v) is 6.45. The molecular weight excluding hydrogens is 360 g/mol. The lowest BCUT2D eigenvalue weighted by Crippen LogP contribution is -2.50. The summed E-state index contributed by atoms with van der Waals surface area (Å²) in [4.78, 5) is 12.3. The Morgan fingerprint density at radius 3 is 2.66 bits per heavy atom. The van der Waals surface area contributed by atoms with Crippen molar-refractivity contribution in [1.29, 1.82) is 0 Å². The highest BCUT2D eigenvalue weighted by atomic mass is 15.2. The Bertz CT molecular complexity index is 812. The Kier molecular flexibility index (Phi) is 6.70. The third kappa shape index (κ3) is 5.10. The number of aryl methyl sites for hydroxylation is 1. The van der Waals surface area contributed by atoms with E-state index >= 15 is 0 Å². The highest BCUT2D eigenvalue weighted by Gasteiger charge is 2.26. The van der Waals surface area contributed by atoms with Gasteiger partial charge in [-0.2, -0.15) is 0 Å². The summed E-state index contributed by atoms with van der Waals surface area (Å²) in [6, 6.07) is 7.55. The molecule has 4 rings (SSSR count). The molecule has 6 nitrogen and oxygen atoms in total. The van der Waals surface area contributed by atoms with Crippen LogP contribution in [0, 0.1) is 6.92 Å². The Labute approximate surface area is 174 Å². The van der Waals surface area contributed by atoms with Gasteiger partial charge in [0.15, 0.2) is 5.96 Å². The number of pyridine rings is 1. The van der Waals surface area contributed by atoms with Crippen LogP contribution in [0.1, 0.15) is 63.3 Å². The highest BCUT2D eigenvalue weighted by molar-refractivity contribution is 5.80. The van der Waals surface area contributed by atoms with Crippen LogP contribution in [0.2, 0.25) is 0 Å². The first-order valence-corrected chi connectivity index (χ1v) is 11.5. The SMILES string of the molecule is CCNC(=NCc1cn2c(C)cccc2n1)NC1CCN(C2CCCCC2)CC1. The first-order valence-electron chi connectivity index (χ1n) is 11.5. The van der Waals surface area contributed by atoms with Gasteiger partial charge in [0.25, 0.3) is 0 Å². The summed E-state index contributed by atoms with van der Waals surface area (Å²) in [6.07, 6.45) is 11.6. The van der Waals surface area contributed by atoms with Gasteiger partial charge in [-0.25, -0.2) is 9.98 Å². The van der Waals surface area contributed by atoms with E-state index in [-0.39, 0.29) is 0 Å². The van der Waals surface area contributed by atoms with Crippen molar-refractivity contribution < 1.29 is 0 Å². The molecule has 1 saturated carbocycles. The van der Waals surface area contributed by atoms with Gasteiger partial charge in [0.05, 0.1) is 12.2 Å². The molecular formula is C23H36N6. The number of nitrogens with zero attached hydrogens (tertiary/aromatic N) is 4. The fourth-order valence-corrected chi connectivity index (χ4v) is 4.80. The quantitative estimate of drug-likeness (QED) is 0.600. The molecule has 0 spiro atoms. The van der Waals surface area contributed by atoms with Gasteiger partial charge in [-0.1, -0.05) is 25.3 Å². The first-order chi connectivity index (χ1) is 14.2. The second-order valence-electron chi connectivity index (χ2n) is 8.57. The monoisotopic (exact) mass is 396 g/mol. The molecule has 2 aromatic heterocycles. The lowest BCUT2D eigenvalue weighted by Gasteiger charge is -2.39. The fraction of sp³-hybridized carbons (Fsp3) is 0.652. The number of guanidine groups is 1. The predicted octanol–water partition coefficient (Wildman–Crippen LogP) is 3.49. The number of aromatic nitrogens is 2. The molecule has 0 radical (unpaired) electrons. The average Bonchev–Trinajstić information content (AvgIpc) is 3.18. The minimum Gasteiger partial charge on any atom is -0.357 e. The van der Waals surface area contributed by atoms with Gasteiger partial charge < -0.3 is 19.9 Å². The summed E-state index contributed by atoms with van der Waals surface area (Å²) in [6.45, 7) is 8.12. The van der Waals surface area contributed by atoms with Crippen molar-refractivity contribution in [3.8, 4) is 0 Å². The van der Waals surface area contributed by atoms with E-state index in [2.05, 4.69) is 52.1 Å². The molecule has 0 unspecified atom stereocenters. The second kappa shape index (κ2) is 9.61. The van der Waals surface area contributed by atoms with Gasteiger partial charge in [-0.05, 0) is 51.7 Å². The number of nitrogens with one attached hydrogen (secondary N) is 2. The van der Waals surface area contributed by atoms with Crippen LogP contribution in [0.3, 0.4) is 0 Å². The zero-order valence-electron chi connectivity index (χ0n) is 18.0. The van der Waals surface area contributed by atoms with Crippen LogP contribution >= 0.6 is 0 Å². The maximum absolute atomic E-state index is 4.82.